The number of hydrogen-bond acceptors (Lipinski definition) is 2. The number of rotatable bonds is 0. The van der Waals surface area contributed by atoms with Crippen molar-refractivity contribution < 1.29 is 9.53 Å². The third-order valence-electron chi connectivity index (χ3n) is 0.846. The molecule has 0 atom stereocenters. The zero-order chi connectivity index (χ0) is 5.11. The van der Waals surface area contributed by atoms with Crippen LogP contribution in [0.3, 0.4) is 0 Å². The molecule has 1 aliphatic rings. The second kappa shape index (κ2) is 1.96. The molecule has 38 valence electrons. The van der Waals surface area contributed by atoms with Gasteiger partial charge in [0.2, 0.25) is 0 Å². The van der Waals surface area contributed by atoms with Crippen molar-refractivity contribution in [3.8, 4) is 0 Å². The number of cyclic esters (lactones) is 1. The fourth-order valence-corrected chi connectivity index (χ4v) is 0.487. The van der Waals surface area contributed by atoms with E-state index in [2.05, 4.69) is 11.3 Å². The molecule has 7 heavy (non-hydrogen) atoms. The van der Waals surface area contributed by atoms with E-state index in [0.29, 0.717) is 6.42 Å². The lowest BCUT2D eigenvalue weighted by Crippen LogP contribution is -2.06. The smallest absolute Gasteiger partial charge is 0.306 e. The highest BCUT2D eigenvalue weighted by molar-refractivity contribution is 5.70. The molecular formula is C5H6O2. The van der Waals surface area contributed by atoms with Crippen LogP contribution in [0.15, 0.2) is 0 Å². The normalized spacial score (nSPS) is 21.4. The first-order valence-electron chi connectivity index (χ1n) is 2.32. The van der Waals surface area contributed by atoms with Crippen molar-refractivity contribution in [3.63, 3.8) is 0 Å². The second-order valence-electron chi connectivity index (χ2n) is 1.47. The van der Waals surface area contributed by atoms with Gasteiger partial charge in [-0.25, -0.2) is 0 Å². The predicted molar refractivity (Wildman–Crippen MR) is 23.2 cm³/mol. The molecule has 1 saturated heterocycles. The van der Waals surface area contributed by atoms with Crippen molar-refractivity contribution in [2.75, 3.05) is 0 Å². The molecule has 0 unspecified atom stereocenters. The number of carbonyl (C=O) groups excluding carboxylic acids is 1. The quantitative estimate of drug-likeness (QED) is 0.418. The first kappa shape index (κ1) is 4.62. The van der Waals surface area contributed by atoms with Crippen molar-refractivity contribution in [2.45, 2.75) is 19.3 Å². The maximum atomic E-state index is 10.2. The Hall–Kier alpha value is -0.530. The molecule has 0 saturated carbocycles. The summed E-state index contributed by atoms with van der Waals surface area (Å²) in [5.74, 6) is -0.147. The van der Waals surface area contributed by atoms with E-state index >= 15 is 0 Å². The van der Waals surface area contributed by atoms with Crippen LogP contribution in [0.25, 0.3) is 0 Å². The number of carbonyl (C=O) groups is 1. The highest BCUT2D eigenvalue weighted by atomic mass is 16.5. The fourth-order valence-electron chi connectivity index (χ4n) is 0.487. The Morgan fingerprint density at radius 1 is 1.71 bits per heavy atom. The van der Waals surface area contributed by atoms with Crippen molar-refractivity contribution in [1.82, 2.24) is 0 Å². The molecular weight excluding hydrogens is 92.1 g/mol. The van der Waals surface area contributed by atoms with Gasteiger partial charge in [0.05, 0.1) is 0 Å². The van der Waals surface area contributed by atoms with Crippen molar-refractivity contribution >= 4 is 5.97 Å². The molecule has 0 bridgehead atoms. The minimum Gasteiger partial charge on any atom is -0.450 e. The lowest BCUT2D eigenvalue weighted by Gasteiger charge is -2.05. The Balaban J connectivity index is 2.25. The lowest BCUT2D eigenvalue weighted by atomic mass is 10.2. The lowest BCUT2D eigenvalue weighted by molar-refractivity contribution is -0.142. The van der Waals surface area contributed by atoms with Gasteiger partial charge in [0.25, 0.3) is 0 Å². The van der Waals surface area contributed by atoms with E-state index in [-0.39, 0.29) is 5.97 Å². The Bertz CT molecular complexity index is 70.1. The van der Waals surface area contributed by atoms with Crippen LogP contribution in [-0.4, -0.2) is 5.97 Å². The SMILES string of the molecule is O=C1CCC[C]O1. The van der Waals surface area contributed by atoms with Crippen molar-refractivity contribution in [2.24, 2.45) is 0 Å². The van der Waals surface area contributed by atoms with Gasteiger partial charge in [0.15, 0.2) is 6.61 Å². The molecule has 1 heterocycles. The maximum Gasteiger partial charge on any atom is 0.306 e. The van der Waals surface area contributed by atoms with Crippen LogP contribution in [0.2, 0.25) is 0 Å². The van der Waals surface area contributed by atoms with Gasteiger partial charge in [0, 0.05) is 6.42 Å². The molecule has 0 aromatic heterocycles. The average Bonchev–Trinajstić information content (AvgIpc) is 1.69. The van der Waals surface area contributed by atoms with Crippen molar-refractivity contribution in [1.29, 1.82) is 0 Å². The third-order valence-corrected chi connectivity index (χ3v) is 0.846. The molecule has 1 fully saturated rings. The Kier molecular flexibility index (Phi) is 1.29. The summed E-state index contributed by atoms with van der Waals surface area (Å²) < 4.78 is 4.39. The van der Waals surface area contributed by atoms with Crippen LogP contribution < -0.4 is 0 Å². The van der Waals surface area contributed by atoms with E-state index in [9.17, 15) is 4.79 Å². The first-order valence-corrected chi connectivity index (χ1v) is 2.32. The average molecular weight is 98.1 g/mol. The number of ether oxygens (including phenoxy) is 1. The molecule has 1 rings (SSSR count). The number of esters is 1. The first-order chi connectivity index (χ1) is 3.39. The minimum atomic E-state index is -0.147. The van der Waals surface area contributed by atoms with Gasteiger partial charge in [-0.15, -0.1) is 0 Å². The van der Waals surface area contributed by atoms with Crippen LogP contribution >= 0.6 is 0 Å². The molecule has 0 aromatic rings. The topological polar surface area (TPSA) is 26.3 Å². The molecule has 2 radical (unpaired) electrons. The van der Waals surface area contributed by atoms with Crippen LogP contribution in [0.4, 0.5) is 0 Å². The molecule has 0 amide bonds. The zero-order valence-electron chi connectivity index (χ0n) is 3.94. The molecule has 0 aliphatic carbocycles. The minimum absolute atomic E-state index is 0.147. The predicted octanol–water partition coefficient (Wildman–Crippen LogP) is 0.752. The second-order valence-corrected chi connectivity index (χ2v) is 1.47. The van der Waals surface area contributed by atoms with Gasteiger partial charge >= 0.3 is 5.97 Å². The van der Waals surface area contributed by atoms with E-state index < -0.39 is 0 Å². The highest BCUT2D eigenvalue weighted by Gasteiger charge is 2.08. The van der Waals surface area contributed by atoms with E-state index in [1.165, 1.54) is 0 Å². The Labute approximate surface area is 42.5 Å². The van der Waals surface area contributed by atoms with Crippen LogP contribution in [0, 0.1) is 6.61 Å². The summed E-state index contributed by atoms with van der Waals surface area (Å²) in [5, 5.41) is 0. The molecule has 1 aliphatic heterocycles. The molecule has 0 N–H and O–H groups in total. The summed E-state index contributed by atoms with van der Waals surface area (Å²) in [7, 11) is 0. The van der Waals surface area contributed by atoms with Crippen LogP contribution in [0.1, 0.15) is 19.3 Å². The van der Waals surface area contributed by atoms with Gasteiger partial charge in [-0.2, -0.15) is 0 Å². The standard InChI is InChI=1S/C5H6O2/c6-5-3-1-2-4-7-5/h1-3H2. The van der Waals surface area contributed by atoms with Crippen LogP contribution in [-0.2, 0) is 9.53 Å². The monoisotopic (exact) mass is 98.0 g/mol. The van der Waals surface area contributed by atoms with Crippen LogP contribution in [0.5, 0.6) is 0 Å². The largest absolute Gasteiger partial charge is 0.450 e. The van der Waals surface area contributed by atoms with Gasteiger partial charge < -0.3 is 4.74 Å². The number of hydrogen-bond donors (Lipinski definition) is 0. The molecule has 2 nitrogen and oxygen atoms in total. The summed E-state index contributed by atoms with van der Waals surface area (Å²) in [5.41, 5.74) is 0. The van der Waals surface area contributed by atoms with E-state index in [4.69, 9.17) is 0 Å². The van der Waals surface area contributed by atoms with E-state index in [0.717, 1.165) is 12.8 Å². The van der Waals surface area contributed by atoms with Gasteiger partial charge in [0.1, 0.15) is 0 Å². The summed E-state index contributed by atoms with van der Waals surface area (Å²) in [6.07, 6.45) is 2.26. The molecule has 2 heteroatoms. The van der Waals surface area contributed by atoms with E-state index in [1.807, 2.05) is 0 Å². The Morgan fingerprint density at radius 2 is 2.57 bits per heavy atom. The summed E-state index contributed by atoms with van der Waals surface area (Å²) in [6, 6.07) is 0. The third kappa shape index (κ3) is 1.18. The van der Waals surface area contributed by atoms with Gasteiger partial charge in [-0.05, 0) is 12.8 Å². The molecule has 0 aromatic carbocycles. The van der Waals surface area contributed by atoms with E-state index in [1.54, 1.807) is 0 Å². The fraction of sp³-hybridized carbons (Fsp3) is 0.600. The Morgan fingerprint density at radius 3 is 2.86 bits per heavy atom. The maximum absolute atomic E-state index is 10.2. The molecule has 0 spiro atoms. The van der Waals surface area contributed by atoms with Gasteiger partial charge in [-0.3, -0.25) is 4.79 Å². The summed E-state index contributed by atoms with van der Waals surface area (Å²) in [6.45, 7) is 2.48. The van der Waals surface area contributed by atoms with Crippen molar-refractivity contribution in [3.05, 3.63) is 6.61 Å². The van der Waals surface area contributed by atoms with Gasteiger partial charge in [-0.1, -0.05) is 0 Å². The zero-order valence-corrected chi connectivity index (χ0v) is 3.94. The summed E-state index contributed by atoms with van der Waals surface area (Å²) in [4.78, 5) is 10.2. The highest BCUT2D eigenvalue weighted by Crippen LogP contribution is 2.08. The summed E-state index contributed by atoms with van der Waals surface area (Å²) >= 11 is 0.